The summed E-state index contributed by atoms with van der Waals surface area (Å²) >= 11 is 0. The average Bonchev–Trinajstić information content (AvgIpc) is 4.32. The van der Waals surface area contributed by atoms with Gasteiger partial charge >= 0.3 is 0 Å². The number of hydrogen-bond acceptors (Lipinski definition) is 13. The first-order chi connectivity index (χ1) is 38.3. The Morgan fingerprint density at radius 1 is 0.436 bits per heavy atom. The van der Waals surface area contributed by atoms with E-state index in [9.17, 15) is 14.4 Å². The van der Waals surface area contributed by atoms with Crippen molar-refractivity contribution in [2.75, 3.05) is 18.8 Å². The van der Waals surface area contributed by atoms with Crippen LogP contribution in [-0.4, -0.2) is 71.6 Å². The van der Waals surface area contributed by atoms with Crippen molar-refractivity contribution in [2.24, 2.45) is 0 Å². The maximum Gasteiger partial charge on any atom is 0.252 e. The van der Waals surface area contributed by atoms with E-state index in [0.717, 1.165) is 91.4 Å². The van der Waals surface area contributed by atoms with Crippen LogP contribution in [0.4, 0.5) is 0 Å². The molecule has 0 aliphatic rings. The lowest BCUT2D eigenvalue weighted by Gasteiger charge is -2.10. The number of benzene rings is 6. The lowest BCUT2D eigenvalue weighted by atomic mass is 10.1. The van der Waals surface area contributed by atoms with Crippen LogP contribution in [0.15, 0.2) is 191 Å². The van der Waals surface area contributed by atoms with Crippen LogP contribution in [0.2, 0.25) is 0 Å². The Hall–Kier alpha value is -7.39. The molecule has 0 saturated carbocycles. The highest BCUT2D eigenvalue weighted by atomic mass is 33.1. The predicted molar refractivity (Wildman–Crippen MR) is 330 cm³/mol. The largest absolute Gasteiger partial charge is 0.361 e. The van der Waals surface area contributed by atoms with E-state index in [4.69, 9.17) is 0 Å². The van der Waals surface area contributed by atoms with Crippen molar-refractivity contribution in [3.8, 4) is 0 Å². The van der Waals surface area contributed by atoms with Crippen LogP contribution in [0.1, 0.15) is 47.8 Å². The molecule has 0 unspecified atom stereocenters. The van der Waals surface area contributed by atoms with Crippen molar-refractivity contribution in [1.82, 2.24) is 51.1 Å². The van der Waals surface area contributed by atoms with Crippen LogP contribution in [0.3, 0.4) is 0 Å². The summed E-state index contributed by atoms with van der Waals surface area (Å²) < 4.78 is 0. The maximum absolute atomic E-state index is 12.8. The van der Waals surface area contributed by atoms with Crippen molar-refractivity contribution >= 4 is 148 Å². The third kappa shape index (κ3) is 12.6. The van der Waals surface area contributed by atoms with Crippen molar-refractivity contribution in [3.63, 3.8) is 0 Å². The molecule has 0 aliphatic carbocycles. The number of carbonyl (C=O) groups is 3. The first kappa shape index (κ1) is 54.0. The van der Waals surface area contributed by atoms with E-state index >= 15 is 0 Å². The number of aromatic nitrogens is 7. The number of hydrogen-bond donors (Lipinski definition) is 6. The lowest BCUT2D eigenvalue weighted by Crippen LogP contribution is -2.23. The Morgan fingerprint density at radius 2 is 0.859 bits per heavy atom. The fourth-order valence-corrected chi connectivity index (χ4v) is 13.3. The van der Waals surface area contributed by atoms with Gasteiger partial charge in [-0.25, -0.2) is 0 Å². The highest BCUT2D eigenvalue weighted by molar-refractivity contribution is 8.77. The van der Waals surface area contributed by atoms with E-state index in [2.05, 4.69) is 69.3 Å². The zero-order valence-corrected chi connectivity index (χ0v) is 47.2. The van der Waals surface area contributed by atoms with Crippen LogP contribution < -0.4 is 16.0 Å². The van der Waals surface area contributed by atoms with Crippen molar-refractivity contribution in [1.29, 1.82) is 0 Å². The lowest BCUT2D eigenvalue weighted by molar-refractivity contribution is 0.0944. The number of amides is 3. The summed E-state index contributed by atoms with van der Waals surface area (Å²) in [5.74, 6) is -0.274. The van der Waals surface area contributed by atoms with Gasteiger partial charge in [0, 0.05) is 115 Å². The fourth-order valence-electron chi connectivity index (χ4n) is 8.86. The van der Waals surface area contributed by atoms with Crippen molar-refractivity contribution in [2.45, 2.75) is 34.3 Å². The van der Waals surface area contributed by atoms with Gasteiger partial charge in [-0.15, -0.1) is 0 Å². The molecule has 0 fully saturated rings. The van der Waals surface area contributed by atoms with Gasteiger partial charge < -0.3 is 25.9 Å². The number of aromatic amines is 3. The SMILES string of the molecule is CSSc1ccc(C(=O)NCc2ccc3[nH]ccc3c2)c2cccnc12.CSSc1ccc(C(=O)NCc2ccc3[nH]ncc3c2)c2cccnc12.CSSc1ccc(C(=O)NCc2ccc3cc[nH]c3c2)c2cccnc12. The highest BCUT2D eigenvalue weighted by Gasteiger charge is 2.17. The summed E-state index contributed by atoms with van der Waals surface area (Å²) in [4.78, 5) is 61.2. The highest BCUT2D eigenvalue weighted by Crippen LogP contribution is 2.37. The summed E-state index contributed by atoms with van der Waals surface area (Å²) in [5.41, 5.74) is 10.9. The first-order valence-electron chi connectivity index (χ1n) is 24.4. The number of nitrogens with one attached hydrogen (secondary N) is 6. The van der Waals surface area contributed by atoms with E-state index in [1.165, 1.54) is 5.39 Å². The van der Waals surface area contributed by atoms with Crippen LogP contribution in [0.25, 0.3) is 65.4 Å². The van der Waals surface area contributed by atoms with Gasteiger partial charge in [0.25, 0.3) is 17.7 Å². The molecule has 6 heterocycles. The molecule has 0 atom stereocenters. The monoisotopic (exact) mass is 1140 g/mol. The molecule has 12 rings (SSSR count). The molecule has 12 aromatic rings. The Balaban J connectivity index is 0.000000132. The van der Waals surface area contributed by atoms with Gasteiger partial charge in [-0.1, -0.05) is 107 Å². The molecule has 3 amide bonds. The van der Waals surface area contributed by atoms with Gasteiger partial charge in [0.05, 0.1) is 28.3 Å². The molecule has 13 nitrogen and oxygen atoms in total. The van der Waals surface area contributed by atoms with Crippen LogP contribution in [-0.2, 0) is 19.6 Å². The minimum absolute atomic E-state index is 0.0853. The minimum Gasteiger partial charge on any atom is -0.361 e. The summed E-state index contributed by atoms with van der Waals surface area (Å²) in [6.45, 7) is 1.43. The third-order valence-electron chi connectivity index (χ3n) is 12.6. The molecule has 6 aromatic heterocycles. The first-order valence-corrected chi connectivity index (χ1v) is 32.1. The molecular formula is C59H50N10O3S6. The molecule has 390 valence electrons. The molecule has 6 N–H and O–H groups in total. The smallest absolute Gasteiger partial charge is 0.252 e. The molecule has 78 heavy (non-hydrogen) atoms. The van der Waals surface area contributed by atoms with Crippen molar-refractivity contribution < 1.29 is 14.4 Å². The standard InChI is InChI=1S/2C20H17N3OS2.C19H16N4OS2/c1-25-26-18-7-5-16(15-3-2-9-22-19(15)18)20(24)23-12-13-4-6-17-14(11-13)8-10-21-17;1-25-26-18-7-6-16(15-3-2-9-22-19(15)18)20(24)23-12-13-4-5-14-8-10-21-17(14)11-13;1-25-26-17-7-5-15(14-3-2-8-20-18(14)17)19(24)21-10-12-4-6-16-13(9-12)11-22-23-16/h2*2-11,21H,12H2,1H3,(H,23,24);2-9,11H,10H2,1H3,(H,21,24)(H,22,23). The molecule has 6 aromatic carbocycles. The van der Waals surface area contributed by atoms with E-state index < -0.39 is 0 Å². The van der Waals surface area contributed by atoms with E-state index in [1.54, 1.807) is 89.6 Å². The van der Waals surface area contributed by atoms with Crippen LogP contribution in [0, 0.1) is 0 Å². The Morgan fingerprint density at radius 3 is 1.35 bits per heavy atom. The number of pyridine rings is 3. The minimum atomic E-state index is -0.101. The van der Waals surface area contributed by atoms with E-state index in [1.807, 2.05) is 152 Å². The summed E-state index contributed by atoms with van der Waals surface area (Å²) in [7, 11) is 9.96. The molecule has 19 heteroatoms. The second kappa shape index (κ2) is 25.8. The van der Waals surface area contributed by atoms with Gasteiger partial charge in [-0.3, -0.25) is 34.4 Å². The second-order valence-corrected chi connectivity index (χ2v) is 24.7. The maximum atomic E-state index is 12.8. The van der Waals surface area contributed by atoms with Gasteiger partial charge in [-0.05, 0) is 143 Å². The third-order valence-corrected chi connectivity index (χ3v) is 17.7. The second-order valence-electron chi connectivity index (χ2n) is 17.4. The van der Waals surface area contributed by atoms with Gasteiger partial charge in [-0.2, -0.15) is 5.10 Å². The summed E-state index contributed by atoms with van der Waals surface area (Å²) in [6.07, 6.45) is 17.0. The van der Waals surface area contributed by atoms with E-state index in [0.29, 0.717) is 36.3 Å². The molecular weight excluding hydrogens is 1090 g/mol. The zero-order valence-electron chi connectivity index (χ0n) is 42.3. The van der Waals surface area contributed by atoms with Crippen LogP contribution in [0.5, 0.6) is 0 Å². The number of nitrogens with zero attached hydrogens (tertiary/aromatic N) is 4. The zero-order chi connectivity index (χ0) is 53.8. The van der Waals surface area contributed by atoms with Crippen molar-refractivity contribution in [3.05, 3.63) is 210 Å². The van der Waals surface area contributed by atoms with Crippen LogP contribution >= 0.6 is 64.8 Å². The average molecular weight is 1140 g/mol. The quantitative estimate of drug-likeness (QED) is 0.0533. The van der Waals surface area contributed by atoms with Gasteiger partial charge in [0.1, 0.15) is 0 Å². The molecule has 0 radical (unpaired) electrons. The molecule has 0 spiro atoms. The Bertz CT molecular complexity index is 3690. The number of H-pyrrole nitrogens is 3. The summed E-state index contributed by atoms with van der Waals surface area (Å²) in [5, 5.41) is 22.0. The van der Waals surface area contributed by atoms with Gasteiger partial charge in [0.2, 0.25) is 0 Å². The molecule has 0 bridgehead atoms. The van der Waals surface area contributed by atoms with Gasteiger partial charge in [0.15, 0.2) is 0 Å². The predicted octanol–water partition coefficient (Wildman–Crippen LogP) is 14.4. The fraction of sp³-hybridized carbons (Fsp3) is 0.102. The number of carbonyl (C=O) groups excluding carboxylic acids is 3. The molecule has 0 aliphatic heterocycles. The molecule has 0 saturated heterocycles. The Labute approximate surface area is 473 Å². The topological polar surface area (TPSA) is 186 Å². The normalized spacial score (nSPS) is 11.1. The number of rotatable bonds is 15. The summed E-state index contributed by atoms with van der Waals surface area (Å²) in [6, 6.07) is 45.3. The Kier molecular flexibility index (Phi) is 17.9. The number of fused-ring (bicyclic) bond motifs is 6. The van der Waals surface area contributed by atoms with E-state index in [-0.39, 0.29) is 17.7 Å².